The van der Waals surface area contributed by atoms with Crippen molar-refractivity contribution in [2.45, 2.75) is 6.92 Å². The predicted octanol–water partition coefficient (Wildman–Crippen LogP) is 5.19. The number of amides is 1. The van der Waals surface area contributed by atoms with Gasteiger partial charge in [0.25, 0.3) is 5.91 Å². The highest BCUT2D eigenvalue weighted by atomic mass is 35.5. The van der Waals surface area contributed by atoms with Gasteiger partial charge in [0.1, 0.15) is 11.5 Å². The lowest BCUT2D eigenvalue weighted by atomic mass is 10.2. The Bertz CT molecular complexity index is 901. The summed E-state index contributed by atoms with van der Waals surface area (Å²) in [6.45, 7) is 2.45. The Kier molecular flexibility index (Phi) is 5.71. The van der Waals surface area contributed by atoms with Crippen LogP contribution in [0.3, 0.4) is 0 Å². The van der Waals surface area contributed by atoms with Crippen molar-refractivity contribution in [2.24, 2.45) is 0 Å². The summed E-state index contributed by atoms with van der Waals surface area (Å²) in [5.74, 6) is 0.301. The van der Waals surface area contributed by atoms with Crippen LogP contribution in [0, 0.1) is 0 Å². The van der Waals surface area contributed by atoms with E-state index in [1.54, 1.807) is 23.1 Å². The number of benzene rings is 2. The monoisotopic (exact) mass is 386 g/mol. The third kappa shape index (κ3) is 4.12. The van der Waals surface area contributed by atoms with Crippen molar-refractivity contribution < 1.29 is 4.79 Å². The number of carbonyl (C=O) groups is 1. The standard InChI is InChI=1S/C19H16Cl2N4O/c1-2-25(14-6-4-3-5-7-14)19(26)17-11-23-18(12-22-17)24-13-8-9-15(20)16(21)10-13/h3-12H,2H2,1H3,(H,23,24). The van der Waals surface area contributed by atoms with Gasteiger partial charge in [0.15, 0.2) is 0 Å². The molecule has 26 heavy (non-hydrogen) atoms. The van der Waals surface area contributed by atoms with Crippen LogP contribution < -0.4 is 10.2 Å². The lowest BCUT2D eigenvalue weighted by Crippen LogP contribution is -2.31. The minimum Gasteiger partial charge on any atom is -0.339 e. The Morgan fingerprint density at radius 1 is 1.04 bits per heavy atom. The first-order valence-corrected chi connectivity index (χ1v) is 8.75. The fourth-order valence-electron chi connectivity index (χ4n) is 2.41. The molecule has 0 saturated carbocycles. The van der Waals surface area contributed by atoms with Gasteiger partial charge in [-0.1, -0.05) is 41.4 Å². The second kappa shape index (κ2) is 8.17. The molecule has 5 nitrogen and oxygen atoms in total. The molecule has 0 saturated heterocycles. The highest BCUT2D eigenvalue weighted by Crippen LogP contribution is 2.26. The zero-order chi connectivity index (χ0) is 18.5. The summed E-state index contributed by atoms with van der Waals surface area (Å²) in [6.07, 6.45) is 2.96. The van der Waals surface area contributed by atoms with Gasteiger partial charge < -0.3 is 10.2 Å². The lowest BCUT2D eigenvalue weighted by Gasteiger charge is -2.20. The number of hydrogen-bond donors (Lipinski definition) is 1. The molecule has 3 rings (SSSR count). The molecular formula is C19H16Cl2N4O. The third-order valence-electron chi connectivity index (χ3n) is 3.69. The summed E-state index contributed by atoms with van der Waals surface area (Å²) in [6, 6.07) is 14.6. The lowest BCUT2D eigenvalue weighted by molar-refractivity contribution is 0.0983. The summed E-state index contributed by atoms with van der Waals surface area (Å²) in [5, 5.41) is 3.99. The van der Waals surface area contributed by atoms with E-state index in [2.05, 4.69) is 15.3 Å². The predicted molar refractivity (Wildman–Crippen MR) is 106 cm³/mol. The number of hydrogen-bond acceptors (Lipinski definition) is 4. The average Bonchev–Trinajstić information content (AvgIpc) is 2.67. The molecular weight excluding hydrogens is 371 g/mol. The molecule has 0 unspecified atom stereocenters. The highest BCUT2D eigenvalue weighted by Gasteiger charge is 2.17. The van der Waals surface area contributed by atoms with E-state index in [0.29, 0.717) is 22.4 Å². The number of para-hydroxylation sites is 1. The molecule has 3 aromatic rings. The number of nitrogens with one attached hydrogen (secondary N) is 1. The van der Waals surface area contributed by atoms with Crippen LogP contribution in [-0.2, 0) is 0 Å². The molecule has 0 aliphatic carbocycles. The quantitative estimate of drug-likeness (QED) is 0.654. The molecule has 1 amide bonds. The van der Waals surface area contributed by atoms with Crippen LogP contribution in [-0.4, -0.2) is 22.4 Å². The van der Waals surface area contributed by atoms with Crippen LogP contribution in [0.15, 0.2) is 60.9 Å². The van der Waals surface area contributed by atoms with Gasteiger partial charge in [0.2, 0.25) is 0 Å². The molecule has 0 radical (unpaired) electrons. The minimum absolute atomic E-state index is 0.202. The molecule has 0 bridgehead atoms. The second-order valence-corrected chi connectivity index (χ2v) is 6.24. The van der Waals surface area contributed by atoms with E-state index >= 15 is 0 Å². The Hall–Kier alpha value is -2.63. The molecule has 0 aliphatic heterocycles. The van der Waals surface area contributed by atoms with E-state index in [0.717, 1.165) is 11.4 Å². The van der Waals surface area contributed by atoms with Crippen molar-refractivity contribution in [1.82, 2.24) is 9.97 Å². The smallest absolute Gasteiger partial charge is 0.278 e. The summed E-state index contributed by atoms with van der Waals surface area (Å²) >= 11 is 11.9. The first-order chi connectivity index (χ1) is 12.6. The Morgan fingerprint density at radius 2 is 1.81 bits per heavy atom. The number of rotatable bonds is 5. The number of halogens is 2. The van der Waals surface area contributed by atoms with Crippen molar-refractivity contribution in [1.29, 1.82) is 0 Å². The van der Waals surface area contributed by atoms with E-state index in [4.69, 9.17) is 23.2 Å². The Labute approximate surface area is 161 Å². The van der Waals surface area contributed by atoms with Gasteiger partial charge in [-0.2, -0.15) is 0 Å². The van der Waals surface area contributed by atoms with E-state index in [9.17, 15) is 4.79 Å². The van der Waals surface area contributed by atoms with E-state index in [1.807, 2.05) is 37.3 Å². The molecule has 132 valence electrons. The van der Waals surface area contributed by atoms with Gasteiger partial charge in [-0.3, -0.25) is 4.79 Å². The van der Waals surface area contributed by atoms with Crippen LogP contribution in [0.1, 0.15) is 17.4 Å². The molecule has 0 spiro atoms. The fraction of sp³-hybridized carbons (Fsp3) is 0.105. The maximum atomic E-state index is 12.7. The number of nitrogens with zero attached hydrogens (tertiary/aromatic N) is 3. The van der Waals surface area contributed by atoms with Gasteiger partial charge in [-0.25, -0.2) is 9.97 Å². The average molecular weight is 387 g/mol. The number of anilines is 3. The summed E-state index contributed by atoms with van der Waals surface area (Å²) in [4.78, 5) is 22.8. The minimum atomic E-state index is -0.202. The second-order valence-electron chi connectivity index (χ2n) is 5.43. The summed E-state index contributed by atoms with van der Waals surface area (Å²) in [7, 11) is 0. The van der Waals surface area contributed by atoms with Crippen molar-refractivity contribution in [3.05, 3.63) is 76.7 Å². The maximum Gasteiger partial charge on any atom is 0.278 e. The molecule has 0 atom stereocenters. The van der Waals surface area contributed by atoms with Crippen molar-refractivity contribution >= 4 is 46.3 Å². The molecule has 1 heterocycles. The van der Waals surface area contributed by atoms with E-state index in [1.165, 1.54) is 12.4 Å². The Balaban J connectivity index is 1.76. The highest BCUT2D eigenvalue weighted by molar-refractivity contribution is 6.42. The van der Waals surface area contributed by atoms with Crippen molar-refractivity contribution in [3.63, 3.8) is 0 Å². The zero-order valence-electron chi connectivity index (χ0n) is 14.0. The fourth-order valence-corrected chi connectivity index (χ4v) is 2.71. The maximum absolute atomic E-state index is 12.7. The van der Waals surface area contributed by atoms with Crippen molar-refractivity contribution in [3.8, 4) is 0 Å². The number of aromatic nitrogens is 2. The molecule has 0 aliphatic rings. The van der Waals surface area contributed by atoms with Crippen LogP contribution in [0.25, 0.3) is 0 Å². The number of carbonyl (C=O) groups excluding carboxylic acids is 1. The summed E-state index contributed by atoms with van der Waals surface area (Å²) < 4.78 is 0. The van der Waals surface area contributed by atoms with E-state index in [-0.39, 0.29) is 11.6 Å². The van der Waals surface area contributed by atoms with Crippen LogP contribution in [0.2, 0.25) is 10.0 Å². The molecule has 2 aromatic carbocycles. The van der Waals surface area contributed by atoms with Crippen LogP contribution in [0.4, 0.5) is 17.2 Å². The summed E-state index contributed by atoms with van der Waals surface area (Å²) in [5.41, 5.74) is 1.82. The van der Waals surface area contributed by atoms with Gasteiger partial charge >= 0.3 is 0 Å². The first-order valence-electron chi connectivity index (χ1n) is 7.99. The largest absolute Gasteiger partial charge is 0.339 e. The molecule has 1 N–H and O–H groups in total. The normalized spacial score (nSPS) is 10.4. The van der Waals surface area contributed by atoms with Crippen molar-refractivity contribution in [2.75, 3.05) is 16.8 Å². The van der Waals surface area contributed by atoms with Gasteiger partial charge in [0.05, 0.1) is 22.4 Å². The van der Waals surface area contributed by atoms with Gasteiger partial charge in [-0.15, -0.1) is 0 Å². The van der Waals surface area contributed by atoms with E-state index < -0.39 is 0 Å². The van der Waals surface area contributed by atoms with Gasteiger partial charge in [0, 0.05) is 17.9 Å². The zero-order valence-corrected chi connectivity index (χ0v) is 15.5. The van der Waals surface area contributed by atoms with Crippen LogP contribution in [0.5, 0.6) is 0 Å². The molecule has 0 fully saturated rings. The van der Waals surface area contributed by atoms with Gasteiger partial charge in [-0.05, 0) is 37.3 Å². The third-order valence-corrected chi connectivity index (χ3v) is 4.43. The molecule has 7 heteroatoms. The topological polar surface area (TPSA) is 58.1 Å². The Morgan fingerprint density at radius 3 is 2.42 bits per heavy atom. The first kappa shape index (κ1) is 18.2. The molecule has 1 aromatic heterocycles. The van der Waals surface area contributed by atoms with Crippen LogP contribution >= 0.6 is 23.2 Å². The SMILES string of the molecule is CCN(C(=O)c1cnc(Nc2ccc(Cl)c(Cl)c2)cn1)c1ccccc1.